The maximum Gasteiger partial charge on any atom is 0.228 e. The van der Waals surface area contributed by atoms with Crippen LogP contribution in [0.25, 0.3) is 89.6 Å². The van der Waals surface area contributed by atoms with Gasteiger partial charge in [-0.2, -0.15) is 24.9 Å². The van der Waals surface area contributed by atoms with Gasteiger partial charge in [0.25, 0.3) is 0 Å². The molecule has 0 spiro atoms. The third-order valence-corrected chi connectivity index (χ3v) is 22.2. The first-order chi connectivity index (χ1) is 65.3. The number of hydrogen-bond donors (Lipinski definition) is 2. The Bertz CT molecular complexity index is 7230. The monoisotopic (exact) mass is 1970 g/mol. The number of aromatic amines is 1. The van der Waals surface area contributed by atoms with E-state index in [0.29, 0.717) is 128 Å². The number of morpholine rings is 2. The molecule has 2 fully saturated rings. The van der Waals surface area contributed by atoms with Crippen molar-refractivity contribution in [3.05, 3.63) is 353 Å². The standard InChI is InChI=1S/C28H26N6O2.C24H18ClN5O.C21H20N6O2.C11H7Cl2N5.C6H6BrN.C5H2Cl2N4.ClH/c1-2-6-21(7-3-1)19-36-24-10-4-9-23(16-24)25-26-27(32-28(31-25)33-12-14-35-15-13-33)34(20-30-26)18-22-8-5-11-29-17-22;25-24-28-21(19-9-4-10-20(12-19)31-15-17-6-2-1-3-7-17)22-23(29-24)30(16-27-22)14-18-8-5-11-26-13-18;28-17-5-1-4-16(11-17)18-19-20(25-21(24-18)26-7-9-29-10-8-26)27(14-23-19)13-15-3-2-6-22-12-15;12-9-8-10(17-11(13)16-9)18(6-15-8)5-7-2-1-3-14-4-7;7-4-6-2-1-3-8-5-6;6-3-2-4(9-1-8-2)11-5(7)10-3;/h1-11,16-17,20H,12-15,18-19H2;1-13,16H,14-15H2;1-6,11-12,14,28H,7-10,13H2;1-4,6H,5H2;1-3,5H,4H2;1H,(H,8,9,10,11);1H. The lowest BCUT2D eigenvalue weighted by atomic mass is 10.1. The van der Waals surface area contributed by atoms with Crippen LogP contribution < -0.4 is 19.3 Å². The second kappa shape index (κ2) is 45.7. The van der Waals surface area contributed by atoms with E-state index in [-0.39, 0.29) is 44.3 Å². The molecule has 0 radical (unpaired) electrons. The average molecular weight is 1970 g/mol. The van der Waals surface area contributed by atoms with Gasteiger partial charge in [-0.25, -0.2) is 49.8 Å². The number of benzene rings is 5. The number of fused-ring (bicyclic) bond motifs is 5. The van der Waals surface area contributed by atoms with Crippen LogP contribution in [-0.2, 0) is 54.2 Å². The van der Waals surface area contributed by atoms with Gasteiger partial charge >= 0.3 is 0 Å². The van der Waals surface area contributed by atoms with Gasteiger partial charge in [-0.15, -0.1) is 12.4 Å². The first-order valence-corrected chi connectivity index (χ1v) is 44.7. The molecular weight excluding hydrogens is 1890 g/mol. The summed E-state index contributed by atoms with van der Waals surface area (Å²) < 4.78 is 30.9. The summed E-state index contributed by atoms with van der Waals surface area (Å²) in [4.78, 5) is 93.7. The van der Waals surface area contributed by atoms with E-state index in [0.717, 1.165) is 116 Å². The second-order valence-electron chi connectivity index (χ2n) is 29.7. The van der Waals surface area contributed by atoms with Crippen molar-refractivity contribution in [1.82, 2.24) is 123 Å². The Morgan fingerprint density at radius 3 is 1.13 bits per heavy atom. The molecule has 2 aliphatic rings. The summed E-state index contributed by atoms with van der Waals surface area (Å²) in [7, 11) is 0. The largest absolute Gasteiger partial charge is 0.508 e. The number of nitrogens with zero attached hydrogens (tertiary/aromatic N) is 26. The van der Waals surface area contributed by atoms with Gasteiger partial charge < -0.3 is 57.1 Å². The van der Waals surface area contributed by atoms with Crippen LogP contribution in [0, 0.1) is 0 Å². The first kappa shape index (κ1) is 93.0. The van der Waals surface area contributed by atoms with Crippen molar-refractivity contribution in [2.24, 2.45) is 0 Å². The number of anilines is 2. The quantitative estimate of drug-likeness (QED) is 0.0406. The molecule has 0 bridgehead atoms. The molecule has 0 amide bonds. The number of hydrogen-bond acceptors (Lipinski definition) is 27. The zero-order valence-corrected chi connectivity index (χ0v) is 77.3. The molecule has 17 heterocycles. The van der Waals surface area contributed by atoms with Crippen molar-refractivity contribution < 1.29 is 24.1 Å². The van der Waals surface area contributed by atoms with Gasteiger partial charge in [0, 0.05) is 110 Å². The molecule has 20 aromatic rings. The third-order valence-electron chi connectivity index (χ3n) is 20.5. The number of ether oxygens (including phenoxy) is 4. The Hall–Kier alpha value is -14.3. The van der Waals surface area contributed by atoms with E-state index in [1.165, 1.54) is 11.9 Å². The molecule has 39 heteroatoms. The molecule has 0 unspecified atom stereocenters. The van der Waals surface area contributed by atoms with E-state index in [1.807, 2.05) is 203 Å². The lowest BCUT2D eigenvalue weighted by Crippen LogP contribution is -2.37. The minimum absolute atomic E-state index is 0. The number of aromatic hydroxyl groups is 1. The summed E-state index contributed by atoms with van der Waals surface area (Å²) in [5.41, 5.74) is 19.1. The highest BCUT2D eigenvalue weighted by Gasteiger charge is 2.25. The number of aromatic nitrogens is 25. The highest BCUT2D eigenvalue weighted by molar-refractivity contribution is 9.08. The Balaban J connectivity index is 0.000000123. The van der Waals surface area contributed by atoms with Crippen LogP contribution in [0.3, 0.4) is 0 Å². The number of halogens is 7. The van der Waals surface area contributed by atoms with Crippen LogP contribution in [0.2, 0.25) is 26.2 Å². The topological polar surface area (TPSA) is 357 Å². The zero-order chi connectivity index (χ0) is 91.0. The number of alkyl halides is 1. The highest BCUT2D eigenvalue weighted by atomic mass is 79.9. The maximum atomic E-state index is 9.96. The van der Waals surface area contributed by atoms with E-state index < -0.39 is 0 Å². The smallest absolute Gasteiger partial charge is 0.228 e. The summed E-state index contributed by atoms with van der Waals surface area (Å²) in [5, 5.41) is 11.8. The Kier molecular flexibility index (Phi) is 31.7. The number of phenols is 1. The Morgan fingerprint density at radius 2 is 0.724 bits per heavy atom. The number of phenolic OH excluding ortho intramolecular Hbond substituents is 1. The fourth-order valence-electron chi connectivity index (χ4n) is 14.1. The fraction of sp³-hybridized carbons (Fsp3) is 0.158. The molecule has 134 heavy (non-hydrogen) atoms. The van der Waals surface area contributed by atoms with Crippen LogP contribution in [0.1, 0.15) is 38.9 Å². The molecule has 22 rings (SSSR count). The molecule has 2 N–H and O–H groups in total. The predicted octanol–water partition coefficient (Wildman–Crippen LogP) is 18.6. The van der Waals surface area contributed by atoms with Crippen LogP contribution in [0.4, 0.5) is 11.9 Å². The van der Waals surface area contributed by atoms with E-state index in [4.69, 9.17) is 102 Å². The van der Waals surface area contributed by atoms with Crippen molar-refractivity contribution in [3.63, 3.8) is 0 Å². The minimum atomic E-state index is 0. The van der Waals surface area contributed by atoms with Crippen LogP contribution in [-0.4, -0.2) is 181 Å². The number of pyridine rings is 5. The summed E-state index contributed by atoms with van der Waals surface area (Å²) in [6.07, 6.45) is 26.4. The normalized spacial score (nSPS) is 12.3. The van der Waals surface area contributed by atoms with Gasteiger partial charge in [0.05, 0.1) is 84.2 Å². The van der Waals surface area contributed by atoms with Crippen molar-refractivity contribution in [2.45, 2.75) is 44.7 Å². The van der Waals surface area contributed by atoms with Gasteiger partial charge in [-0.05, 0) is 140 Å². The van der Waals surface area contributed by atoms with E-state index >= 15 is 0 Å². The number of rotatable bonds is 20. The third kappa shape index (κ3) is 24.2. The van der Waals surface area contributed by atoms with Crippen molar-refractivity contribution in [2.75, 3.05) is 62.4 Å². The van der Waals surface area contributed by atoms with Crippen LogP contribution >= 0.6 is 86.3 Å². The number of nitrogens with one attached hydrogen (secondary N) is 1. The fourth-order valence-corrected chi connectivity index (χ4v) is 15.5. The van der Waals surface area contributed by atoms with Gasteiger partial charge in [0.2, 0.25) is 27.7 Å². The number of H-pyrrole nitrogens is 1. The van der Waals surface area contributed by atoms with Gasteiger partial charge in [-0.1, -0.05) is 167 Å². The molecule has 5 aromatic carbocycles. The van der Waals surface area contributed by atoms with Crippen LogP contribution in [0.15, 0.2) is 288 Å². The Labute approximate surface area is 806 Å². The minimum Gasteiger partial charge on any atom is -0.508 e. The number of imidazole rings is 5. The molecule has 0 aliphatic carbocycles. The molecule has 0 atom stereocenters. The molecule has 674 valence electrons. The highest BCUT2D eigenvalue weighted by Crippen LogP contribution is 2.35. The van der Waals surface area contributed by atoms with Crippen molar-refractivity contribution in [1.29, 1.82) is 0 Å². The lowest BCUT2D eigenvalue weighted by Gasteiger charge is -2.27. The molecule has 32 nitrogen and oxygen atoms in total. The molecule has 0 saturated carbocycles. The summed E-state index contributed by atoms with van der Waals surface area (Å²) >= 11 is 32.6. The SMILES string of the molecule is BrCc1cccnc1.Cl.Clc1nc(-c2cccc(OCc3ccccc3)c2)c2ncn(Cc3cccnc3)c2n1.Clc1nc(Cl)c2[nH]cnc2n1.Clc1nc(Cl)c2ncn(Cc3cccnc3)c2n1.Oc1cccc(-c2nc(N3CCOCC3)nc3c2ncn3Cc2cccnc2)c1.c1ccc(COc2cccc(-c3nc(N4CCOCC4)nc4c3ncn4Cc3cccnc3)c2)cc1. The summed E-state index contributed by atoms with van der Waals surface area (Å²) in [5.74, 6) is 3.05. The summed E-state index contributed by atoms with van der Waals surface area (Å²) in [6.45, 7) is 9.04. The van der Waals surface area contributed by atoms with Crippen molar-refractivity contribution >= 4 is 154 Å². The Morgan fingerprint density at radius 1 is 0.358 bits per heavy atom. The zero-order valence-electron chi connectivity index (χ0n) is 71.1. The van der Waals surface area contributed by atoms with E-state index in [9.17, 15) is 5.11 Å². The molecule has 2 saturated heterocycles. The van der Waals surface area contributed by atoms with E-state index in [1.54, 1.807) is 74.4 Å². The first-order valence-electron chi connectivity index (χ1n) is 41.7. The lowest BCUT2D eigenvalue weighted by molar-refractivity contribution is 0.122. The second-order valence-corrected chi connectivity index (χ2v) is 32.0. The van der Waals surface area contributed by atoms with Gasteiger partial charge in [0.1, 0.15) is 75.1 Å². The van der Waals surface area contributed by atoms with E-state index in [2.05, 4.69) is 128 Å². The average Bonchev–Trinajstić information content (AvgIpc) is 1.57. The molecule has 15 aromatic heterocycles. The van der Waals surface area contributed by atoms with Gasteiger partial charge in [0.15, 0.2) is 38.5 Å². The maximum absolute atomic E-state index is 9.96. The molecular formula is C95H80BrCl6N27O5. The van der Waals surface area contributed by atoms with Crippen molar-refractivity contribution in [3.8, 4) is 51.0 Å². The van der Waals surface area contributed by atoms with Crippen LogP contribution in [0.5, 0.6) is 17.2 Å². The molecule has 2 aliphatic heterocycles. The van der Waals surface area contributed by atoms with Gasteiger partial charge in [-0.3, -0.25) is 24.9 Å². The summed E-state index contributed by atoms with van der Waals surface area (Å²) in [6, 6.07) is 62.7. The predicted molar refractivity (Wildman–Crippen MR) is 521 cm³/mol.